The first-order valence-corrected chi connectivity index (χ1v) is 5.95. The highest BCUT2D eigenvalue weighted by atomic mass is 16.5. The molecule has 2 aliphatic heterocycles. The van der Waals surface area contributed by atoms with E-state index in [1.807, 2.05) is 13.2 Å². The Kier molecular flexibility index (Phi) is 2.91. The summed E-state index contributed by atoms with van der Waals surface area (Å²) >= 11 is 0. The van der Waals surface area contributed by atoms with E-state index in [1.165, 1.54) is 12.8 Å². The number of methoxy groups -OCH3 is 1. The summed E-state index contributed by atoms with van der Waals surface area (Å²) < 4.78 is 11.9. The topological polar surface area (TPSA) is 18.5 Å². The number of ether oxygens (including phenoxy) is 2. The second-order valence-corrected chi connectivity index (χ2v) is 5.35. The molecule has 2 heterocycles. The van der Waals surface area contributed by atoms with Crippen molar-refractivity contribution in [2.75, 3.05) is 7.11 Å². The van der Waals surface area contributed by atoms with Crippen molar-refractivity contribution in [1.29, 1.82) is 0 Å². The summed E-state index contributed by atoms with van der Waals surface area (Å²) in [6, 6.07) is 0. The molecule has 0 radical (unpaired) electrons. The minimum atomic E-state index is 0.0215. The van der Waals surface area contributed by atoms with Crippen molar-refractivity contribution in [2.45, 2.75) is 62.8 Å². The van der Waals surface area contributed by atoms with Gasteiger partial charge in [-0.15, -0.1) is 6.58 Å². The fraction of sp³-hybridized carbons (Fsp3) is 0.846. The Balaban J connectivity index is 2.18. The molecule has 15 heavy (non-hydrogen) atoms. The lowest BCUT2D eigenvalue weighted by Crippen LogP contribution is -2.55. The van der Waals surface area contributed by atoms with Crippen LogP contribution in [0.3, 0.4) is 0 Å². The van der Waals surface area contributed by atoms with E-state index in [0.29, 0.717) is 6.10 Å². The highest BCUT2D eigenvalue weighted by Gasteiger charge is 2.49. The maximum atomic E-state index is 6.32. The predicted octanol–water partition coefficient (Wildman–Crippen LogP) is 3.07. The Morgan fingerprint density at radius 2 is 2.27 bits per heavy atom. The van der Waals surface area contributed by atoms with Gasteiger partial charge in [0.05, 0.1) is 17.3 Å². The fourth-order valence-electron chi connectivity index (χ4n) is 3.32. The van der Waals surface area contributed by atoms with Gasteiger partial charge in [-0.05, 0) is 32.6 Å². The molecule has 2 fully saturated rings. The van der Waals surface area contributed by atoms with E-state index in [0.717, 1.165) is 25.7 Å². The molecule has 3 atom stereocenters. The lowest BCUT2D eigenvalue weighted by molar-refractivity contribution is -0.238. The highest BCUT2D eigenvalue weighted by molar-refractivity contribution is 5.02. The van der Waals surface area contributed by atoms with Crippen molar-refractivity contribution in [2.24, 2.45) is 0 Å². The van der Waals surface area contributed by atoms with Crippen LogP contribution >= 0.6 is 0 Å². The average Bonchev–Trinajstić information content (AvgIpc) is 2.15. The van der Waals surface area contributed by atoms with Gasteiger partial charge in [-0.25, -0.2) is 0 Å². The molecular weight excluding hydrogens is 188 g/mol. The maximum absolute atomic E-state index is 6.32. The minimum absolute atomic E-state index is 0.0215. The SMILES string of the molecule is C=CC[C@@]12CCC[C@@](C)(C[C@H](OC)C1)O2. The summed E-state index contributed by atoms with van der Waals surface area (Å²) in [4.78, 5) is 0. The van der Waals surface area contributed by atoms with Crippen LogP contribution in [0.4, 0.5) is 0 Å². The van der Waals surface area contributed by atoms with Crippen LogP contribution in [0.25, 0.3) is 0 Å². The summed E-state index contributed by atoms with van der Waals surface area (Å²) in [5.74, 6) is 0. The van der Waals surface area contributed by atoms with Gasteiger partial charge in [0.1, 0.15) is 0 Å². The van der Waals surface area contributed by atoms with Crippen LogP contribution in [-0.2, 0) is 9.47 Å². The van der Waals surface area contributed by atoms with Crippen LogP contribution in [0.1, 0.15) is 45.4 Å². The molecule has 86 valence electrons. The van der Waals surface area contributed by atoms with Gasteiger partial charge in [-0.1, -0.05) is 6.08 Å². The van der Waals surface area contributed by atoms with Crippen LogP contribution in [0.15, 0.2) is 12.7 Å². The molecule has 2 aliphatic rings. The monoisotopic (exact) mass is 210 g/mol. The first-order valence-electron chi connectivity index (χ1n) is 5.95. The molecule has 0 saturated carbocycles. The van der Waals surface area contributed by atoms with Crippen molar-refractivity contribution in [3.05, 3.63) is 12.7 Å². The standard InChI is InChI=1S/C13H22O2/c1-4-6-13-8-5-7-12(2,15-13)9-11(10-13)14-3/h4,11H,1,5-10H2,2-3H3/t11-,12-,13+/m0/s1. The normalized spacial score (nSPS) is 45.1. The molecule has 0 aromatic carbocycles. The molecule has 2 rings (SSSR count). The Bertz CT molecular complexity index is 251. The zero-order chi connectivity index (χ0) is 10.9. The van der Waals surface area contributed by atoms with Crippen LogP contribution in [0.2, 0.25) is 0 Å². The molecule has 2 nitrogen and oxygen atoms in total. The van der Waals surface area contributed by atoms with Crippen LogP contribution in [-0.4, -0.2) is 24.4 Å². The summed E-state index contributed by atoms with van der Waals surface area (Å²) in [7, 11) is 1.82. The lowest BCUT2D eigenvalue weighted by atomic mass is 9.73. The molecular formula is C13H22O2. The van der Waals surface area contributed by atoms with E-state index in [2.05, 4.69) is 13.5 Å². The predicted molar refractivity (Wildman–Crippen MR) is 60.9 cm³/mol. The summed E-state index contributed by atoms with van der Waals surface area (Å²) in [5, 5.41) is 0. The number of hydrogen-bond donors (Lipinski definition) is 0. The maximum Gasteiger partial charge on any atom is 0.0748 e. The van der Waals surface area contributed by atoms with Gasteiger partial charge in [-0.2, -0.15) is 0 Å². The number of rotatable bonds is 3. The molecule has 2 saturated heterocycles. The Labute approximate surface area is 92.6 Å². The van der Waals surface area contributed by atoms with Gasteiger partial charge >= 0.3 is 0 Å². The van der Waals surface area contributed by atoms with Gasteiger partial charge in [-0.3, -0.25) is 0 Å². The Morgan fingerprint density at radius 1 is 1.47 bits per heavy atom. The van der Waals surface area contributed by atoms with Crippen molar-refractivity contribution in [3.8, 4) is 0 Å². The quantitative estimate of drug-likeness (QED) is 0.666. The summed E-state index contributed by atoms with van der Waals surface area (Å²) in [5.41, 5.74) is 0.0634. The van der Waals surface area contributed by atoms with Gasteiger partial charge in [0.2, 0.25) is 0 Å². The van der Waals surface area contributed by atoms with E-state index < -0.39 is 0 Å². The van der Waals surface area contributed by atoms with E-state index in [-0.39, 0.29) is 11.2 Å². The van der Waals surface area contributed by atoms with Crippen molar-refractivity contribution >= 4 is 0 Å². The van der Waals surface area contributed by atoms with Gasteiger partial charge in [0, 0.05) is 20.0 Å². The molecule has 0 unspecified atom stereocenters. The van der Waals surface area contributed by atoms with Crippen molar-refractivity contribution in [1.82, 2.24) is 0 Å². The Hall–Kier alpha value is -0.340. The second kappa shape index (κ2) is 3.91. The average molecular weight is 210 g/mol. The van der Waals surface area contributed by atoms with E-state index in [1.54, 1.807) is 0 Å². The fourth-order valence-corrected chi connectivity index (χ4v) is 3.32. The molecule has 0 aromatic rings. The molecule has 0 aromatic heterocycles. The molecule has 0 amide bonds. The first kappa shape index (κ1) is 11.2. The third-order valence-corrected chi connectivity index (χ3v) is 3.91. The van der Waals surface area contributed by atoms with Crippen LogP contribution in [0, 0.1) is 0 Å². The molecule has 0 spiro atoms. The van der Waals surface area contributed by atoms with Gasteiger partial charge < -0.3 is 9.47 Å². The van der Waals surface area contributed by atoms with Crippen LogP contribution in [0.5, 0.6) is 0 Å². The third kappa shape index (κ3) is 2.11. The lowest BCUT2D eigenvalue weighted by Gasteiger charge is -2.53. The smallest absolute Gasteiger partial charge is 0.0748 e. The largest absolute Gasteiger partial charge is 0.381 e. The molecule has 2 bridgehead atoms. The minimum Gasteiger partial charge on any atom is -0.381 e. The van der Waals surface area contributed by atoms with Gasteiger partial charge in [0.25, 0.3) is 0 Å². The summed E-state index contributed by atoms with van der Waals surface area (Å²) in [6.45, 7) is 6.08. The molecule has 0 N–H and O–H groups in total. The first-order chi connectivity index (χ1) is 7.11. The zero-order valence-electron chi connectivity index (χ0n) is 9.92. The molecule has 2 heteroatoms. The van der Waals surface area contributed by atoms with Crippen molar-refractivity contribution < 1.29 is 9.47 Å². The van der Waals surface area contributed by atoms with Crippen molar-refractivity contribution in [3.63, 3.8) is 0 Å². The third-order valence-electron chi connectivity index (χ3n) is 3.91. The Morgan fingerprint density at radius 3 is 2.93 bits per heavy atom. The molecule has 0 aliphatic carbocycles. The van der Waals surface area contributed by atoms with Crippen LogP contribution < -0.4 is 0 Å². The highest BCUT2D eigenvalue weighted by Crippen LogP contribution is 2.47. The number of fused-ring (bicyclic) bond motifs is 2. The summed E-state index contributed by atoms with van der Waals surface area (Å²) in [6.07, 6.45) is 9.00. The van der Waals surface area contributed by atoms with E-state index in [4.69, 9.17) is 9.47 Å². The van der Waals surface area contributed by atoms with E-state index >= 15 is 0 Å². The van der Waals surface area contributed by atoms with E-state index in [9.17, 15) is 0 Å². The van der Waals surface area contributed by atoms with Gasteiger partial charge in [0.15, 0.2) is 0 Å². The number of hydrogen-bond acceptors (Lipinski definition) is 2. The second-order valence-electron chi connectivity index (χ2n) is 5.35. The zero-order valence-corrected chi connectivity index (χ0v) is 9.92.